The van der Waals surface area contributed by atoms with Gasteiger partial charge in [0.05, 0.1) is 16.1 Å². The Hall–Kier alpha value is -2.60. The van der Waals surface area contributed by atoms with E-state index in [-0.39, 0.29) is 27.6 Å². The molecule has 0 atom stereocenters. The molecule has 7 heteroatoms. The molecule has 0 heterocycles. The summed E-state index contributed by atoms with van der Waals surface area (Å²) in [6.45, 7) is 0. The maximum Gasteiger partial charge on any atom is 0.337 e. The second-order valence-electron chi connectivity index (χ2n) is 4.12. The molecule has 0 spiro atoms. The molecule has 0 saturated heterocycles. The Balaban J connectivity index is 2.23. The predicted molar refractivity (Wildman–Crippen MR) is 74.4 cm³/mol. The predicted octanol–water partition coefficient (Wildman–Crippen LogP) is 3.14. The fourth-order valence-electron chi connectivity index (χ4n) is 1.65. The number of carboxylic acid groups (broad SMARTS) is 1. The fraction of sp³-hybridized carbons (Fsp3) is 0. The van der Waals surface area contributed by atoms with Crippen molar-refractivity contribution in [3.05, 3.63) is 58.4 Å². The highest BCUT2D eigenvalue weighted by Gasteiger charge is 2.14. The van der Waals surface area contributed by atoms with E-state index in [9.17, 15) is 14.0 Å². The SMILES string of the molecule is O=C(Nc1ccc(C(=O)O)c(Cl)c1)c1ccc(O)cc1F. The molecule has 0 unspecified atom stereocenters. The van der Waals surface area contributed by atoms with Crippen LogP contribution in [0.15, 0.2) is 36.4 Å². The van der Waals surface area contributed by atoms with Crippen LogP contribution in [0.1, 0.15) is 20.7 Å². The van der Waals surface area contributed by atoms with E-state index in [4.69, 9.17) is 21.8 Å². The number of amides is 1. The molecule has 2 aromatic rings. The fourth-order valence-corrected chi connectivity index (χ4v) is 1.91. The van der Waals surface area contributed by atoms with Crippen molar-refractivity contribution in [1.82, 2.24) is 0 Å². The molecule has 0 radical (unpaired) electrons. The lowest BCUT2D eigenvalue weighted by atomic mass is 10.1. The molecule has 0 aliphatic rings. The zero-order valence-corrected chi connectivity index (χ0v) is 11.2. The number of aromatic carboxylic acids is 1. The van der Waals surface area contributed by atoms with E-state index in [2.05, 4.69) is 5.32 Å². The summed E-state index contributed by atoms with van der Waals surface area (Å²) in [7, 11) is 0. The largest absolute Gasteiger partial charge is 0.508 e. The number of phenols is 1. The van der Waals surface area contributed by atoms with Gasteiger partial charge in [-0.05, 0) is 30.3 Å². The summed E-state index contributed by atoms with van der Waals surface area (Å²) < 4.78 is 13.5. The van der Waals surface area contributed by atoms with Crippen LogP contribution in [-0.2, 0) is 0 Å². The Kier molecular flexibility index (Phi) is 4.09. The van der Waals surface area contributed by atoms with Crippen LogP contribution in [0.5, 0.6) is 5.75 Å². The van der Waals surface area contributed by atoms with E-state index in [1.807, 2.05) is 0 Å². The van der Waals surface area contributed by atoms with Gasteiger partial charge < -0.3 is 15.5 Å². The van der Waals surface area contributed by atoms with Crippen molar-refractivity contribution in [2.45, 2.75) is 0 Å². The Bertz CT molecular complexity index is 733. The van der Waals surface area contributed by atoms with Gasteiger partial charge in [-0.3, -0.25) is 4.79 Å². The Morgan fingerprint density at radius 1 is 1.10 bits per heavy atom. The molecule has 2 aromatic carbocycles. The molecule has 1 amide bonds. The molecule has 0 bridgehead atoms. The van der Waals surface area contributed by atoms with E-state index < -0.39 is 17.7 Å². The number of nitrogens with one attached hydrogen (secondary N) is 1. The smallest absolute Gasteiger partial charge is 0.337 e. The molecular formula is C14H9ClFNO4. The zero-order valence-electron chi connectivity index (χ0n) is 10.4. The van der Waals surface area contributed by atoms with Gasteiger partial charge in [-0.1, -0.05) is 11.6 Å². The molecule has 0 aliphatic carbocycles. The van der Waals surface area contributed by atoms with Gasteiger partial charge in [0.2, 0.25) is 0 Å². The number of hydrogen-bond donors (Lipinski definition) is 3. The minimum atomic E-state index is -1.19. The summed E-state index contributed by atoms with van der Waals surface area (Å²) in [5.74, 6) is -3.10. The highest BCUT2D eigenvalue weighted by molar-refractivity contribution is 6.33. The zero-order chi connectivity index (χ0) is 15.6. The number of anilines is 1. The van der Waals surface area contributed by atoms with Crippen LogP contribution in [0, 0.1) is 5.82 Å². The molecule has 108 valence electrons. The number of rotatable bonds is 3. The van der Waals surface area contributed by atoms with Gasteiger partial charge in [0.1, 0.15) is 11.6 Å². The Morgan fingerprint density at radius 2 is 1.76 bits per heavy atom. The molecular weight excluding hydrogens is 301 g/mol. The topological polar surface area (TPSA) is 86.6 Å². The summed E-state index contributed by atoms with van der Waals surface area (Å²) in [6.07, 6.45) is 0. The van der Waals surface area contributed by atoms with Gasteiger partial charge in [0.25, 0.3) is 5.91 Å². The molecule has 3 N–H and O–H groups in total. The number of carbonyl (C=O) groups excluding carboxylic acids is 1. The lowest BCUT2D eigenvalue weighted by Crippen LogP contribution is -2.14. The van der Waals surface area contributed by atoms with Gasteiger partial charge in [-0.25, -0.2) is 9.18 Å². The van der Waals surface area contributed by atoms with Crippen molar-refractivity contribution < 1.29 is 24.2 Å². The molecule has 0 fully saturated rings. The van der Waals surface area contributed by atoms with E-state index in [0.717, 1.165) is 12.1 Å². The Labute approximate surface area is 123 Å². The standard InChI is InChI=1S/C14H9ClFNO4/c15-11-5-7(1-3-9(11)14(20)21)17-13(19)10-4-2-8(18)6-12(10)16/h1-6,18H,(H,17,19)(H,20,21). The van der Waals surface area contributed by atoms with E-state index in [1.54, 1.807) is 0 Å². The first-order valence-corrected chi connectivity index (χ1v) is 6.09. The first-order chi connectivity index (χ1) is 9.88. The highest BCUT2D eigenvalue weighted by atomic mass is 35.5. The first kappa shape index (κ1) is 14.8. The van der Waals surface area contributed by atoms with Crippen molar-refractivity contribution in [2.75, 3.05) is 5.32 Å². The normalized spacial score (nSPS) is 10.2. The lowest BCUT2D eigenvalue weighted by molar-refractivity contribution is 0.0697. The van der Waals surface area contributed by atoms with Crippen LogP contribution >= 0.6 is 11.6 Å². The number of benzene rings is 2. The minimum absolute atomic E-state index is 0.0496. The van der Waals surface area contributed by atoms with Crippen LogP contribution in [0.25, 0.3) is 0 Å². The average molecular weight is 310 g/mol. The third-order valence-electron chi connectivity index (χ3n) is 2.65. The number of carbonyl (C=O) groups is 2. The number of phenolic OH excluding ortho intramolecular Hbond substituents is 1. The van der Waals surface area contributed by atoms with Crippen LogP contribution in [-0.4, -0.2) is 22.1 Å². The van der Waals surface area contributed by atoms with E-state index in [1.165, 1.54) is 24.3 Å². The molecule has 0 saturated carbocycles. The molecule has 0 aromatic heterocycles. The number of hydrogen-bond acceptors (Lipinski definition) is 3. The van der Waals surface area contributed by atoms with Crippen molar-refractivity contribution in [3.8, 4) is 5.75 Å². The summed E-state index contributed by atoms with van der Waals surface area (Å²) >= 11 is 5.77. The lowest BCUT2D eigenvalue weighted by Gasteiger charge is -2.08. The molecule has 2 rings (SSSR count). The van der Waals surface area contributed by atoms with Gasteiger partial charge in [-0.2, -0.15) is 0 Å². The third-order valence-corrected chi connectivity index (χ3v) is 2.97. The van der Waals surface area contributed by atoms with Crippen LogP contribution in [0.2, 0.25) is 5.02 Å². The van der Waals surface area contributed by atoms with Gasteiger partial charge in [0, 0.05) is 11.8 Å². The van der Waals surface area contributed by atoms with Crippen molar-refractivity contribution in [2.24, 2.45) is 0 Å². The molecule has 0 aliphatic heterocycles. The van der Waals surface area contributed by atoms with E-state index in [0.29, 0.717) is 0 Å². The van der Waals surface area contributed by atoms with Crippen LogP contribution in [0.4, 0.5) is 10.1 Å². The summed E-state index contributed by atoms with van der Waals surface area (Å²) in [5, 5.41) is 20.3. The second-order valence-corrected chi connectivity index (χ2v) is 4.53. The number of carboxylic acids is 1. The van der Waals surface area contributed by atoms with Crippen molar-refractivity contribution in [3.63, 3.8) is 0 Å². The van der Waals surface area contributed by atoms with Crippen molar-refractivity contribution >= 4 is 29.2 Å². The van der Waals surface area contributed by atoms with Crippen LogP contribution < -0.4 is 5.32 Å². The maximum absolute atomic E-state index is 13.5. The van der Waals surface area contributed by atoms with Gasteiger partial charge in [-0.15, -0.1) is 0 Å². The Morgan fingerprint density at radius 3 is 2.33 bits per heavy atom. The summed E-state index contributed by atoms with van der Waals surface area (Å²) in [4.78, 5) is 22.7. The van der Waals surface area contributed by atoms with Gasteiger partial charge >= 0.3 is 5.97 Å². The minimum Gasteiger partial charge on any atom is -0.508 e. The molecule has 5 nitrogen and oxygen atoms in total. The van der Waals surface area contributed by atoms with Gasteiger partial charge in [0.15, 0.2) is 0 Å². The highest BCUT2D eigenvalue weighted by Crippen LogP contribution is 2.22. The second kappa shape index (κ2) is 5.80. The summed E-state index contributed by atoms with van der Waals surface area (Å²) in [5.41, 5.74) is -0.140. The maximum atomic E-state index is 13.5. The average Bonchev–Trinajstić information content (AvgIpc) is 2.37. The van der Waals surface area contributed by atoms with E-state index >= 15 is 0 Å². The monoisotopic (exact) mass is 309 g/mol. The number of aromatic hydroxyl groups is 1. The first-order valence-electron chi connectivity index (χ1n) is 5.71. The quantitative estimate of drug-likeness (QED) is 0.813. The van der Waals surface area contributed by atoms with Crippen LogP contribution in [0.3, 0.4) is 0 Å². The number of halogens is 2. The van der Waals surface area contributed by atoms with Crippen molar-refractivity contribution in [1.29, 1.82) is 0 Å². The third kappa shape index (κ3) is 3.29. The molecule has 21 heavy (non-hydrogen) atoms. The summed E-state index contributed by atoms with van der Waals surface area (Å²) in [6, 6.07) is 6.95.